The van der Waals surface area contributed by atoms with Gasteiger partial charge in [-0.15, -0.1) is 0 Å². The molecule has 0 bridgehead atoms. The summed E-state index contributed by atoms with van der Waals surface area (Å²) in [4.78, 5) is 21.4. The van der Waals surface area contributed by atoms with Crippen LogP contribution in [0.25, 0.3) is 0 Å². The summed E-state index contributed by atoms with van der Waals surface area (Å²) in [5.41, 5.74) is 0. The molecule has 0 unspecified atom stereocenters. The third kappa shape index (κ3) is 7.11. The van der Waals surface area contributed by atoms with Gasteiger partial charge in [0.2, 0.25) is 0 Å². The lowest BCUT2D eigenvalue weighted by atomic mass is 10.5. The predicted octanol–water partition coefficient (Wildman–Crippen LogP) is 2.09. The van der Waals surface area contributed by atoms with Crippen LogP contribution in [0.1, 0.15) is 27.7 Å². The fourth-order valence-electron chi connectivity index (χ4n) is 0.501. The number of ether oxygens (including phenoxy) is 3. The van der Waals surface area contributed by atoms with E-state index in [4.69, 9.17) is 0 Å². The van der Waals surface area contributed by atoms with Crippen molar-refractivity contribution in [3.8, 4) is 0 Å². The van der Waals surface area contributed by atoms with Crippen LogP contribution in [0.2, 0.25) is 0 Å². The Balaban J connectivity index is 3.72. The molecule has 5 nitrogen and oxygen atoms in total. The van der Waals surface area contributed by atoms with Gasteiger partial charge in [0.15, 0.2) is 0 Å². The van der Waals surface area contributed by atoms with E-state index in [0.717, 1.165) is 0 Å². The maximum atomic E-state index is 10.7. The lowest BCUT2D eigenvalue weighted by molar-refractivity contribution is 0.0138. The summed E-state index contributed by atoms with van der Waals surface area (Å²) in [5, 5.41) is 0. The first-order valence-corrected chi connectivity index (χ1v) is 4.01. The van der Waals surface area contributed by atoms with Gasteiger partial charge in [0, 0.05) is 0 Å². The molecule has 0 aromatic rings. The summed E-state index contributed by atoms with van der Waals surface area (Å²) in [6.45, 7) is 6.59. The van der Waals surface area contributed by atoms with E-state index in [-0.39, 0.29) is 12.2 Å². The molecule has 0 rings (SSSR count). The second-order valence-electron chi connectivity index (χ2n) is 2.94. The lowest BCUT2D eigenvalue weighted by Crippen LogP contribution is -2.20. The first-order chi connectivity index (χ1) is 5.91. The van der Waals surface area contributed by atoms with Crippen LogP contribution in [-0.2, 0) is 14.2 Å². The molecule has 13 heavy (non-hydrogen) atoms. The van der Waals surface area contributed by atoms with Crippen molar-refractivity contribution in [2.24, 2.45) is 0 Å². The highest BCUT2D eigenvalue weighted by molar-refractivity contribution is 5.76. The molecule has 0 fully saturated rings. The molecular formula is C8H14O5. The number of carbonyl (C=O) groups is 2. The Morgan fingerprint density at radius 1 is 0.846 bits per heavy atom. The molecule has 0 amide bonds. The monoisotopic (exact) mass is 190 g/mol. The topological polar surface area (TPSA) is 61.8 Å². The molecule has 5 heteroatoms. The van der Waals surface area contributed by atoms with Gasteiger partial charge in [-0.3, -0.25) is 0 Å². The fourth-order valence-corrected chi connectivity index (χ4v) is 0.501. The van der Waals surface area contributed by atoms with Crippen LogP contribution in [0.5, 0.6) is 0 Å². The molecule has 0 aromatic carbocycles. The van der Waals surface area contributed by atoms with E-state index in [1.54, 1.807) is 27.7 Å². The highest BCUT2D eigenvalue weighted by Crippen LogP contribution is 1.97. The third-order valence-corrected chi connectivity index (χ3v) is 0.831. The molecule has 0 aliphatic carbocycles. The minimum Gasteiger partial charge on any atom is -0.431 e. The average molecular weight is 190 g/mol. The van der Waals surface area contributed by atoms with Gasteiger partial charge in [-0.25, -0.2) is 9.59 Å². The van der Waals surface area contributed by atoms with Gasteiger partial charge in [-0.2, -0.15) is 0 Å². The van der Waals surface area contributed by atoms with E-state index < -0.39 is 12.3 Å². The van der Waals surface area contributed by atoms with Gasteiger partial charge < -0.3 is 14.2 Å². The predicted molar refractivity (Wildman–Crippen MR) is 44.3 cm³/mol. The Bertz CT molecular complexity index is 165. The number of hydrogen-bond donors (Lipinski definition) is 0. The van der Waals surface area contributed by atoms with Crippen molar-refractivity contribution in [3.63, 3.8) is 0 Å². The summed E-state index contributed by atoms with van der Waals surface area (Å²) < 4.78 is 13.2. The highest BCUT2D eigenvalue weighted by Gasteiger charge is 2.15. The summed E-state index contributed by atoms with van der Waals surface area (Å²) >= 11 is 0. The maximum absolute atomic E-state index is 10.7. The quantitative estimate of drug-likeness (QED) is 0.492. The van der Waals surface area contributed by atoms with Crippen molar-refractivity contribution in [2.45, 2.75) is 39.9 Å². The van der Waals surface area contributed by atoms with E-state index in [0.29, 0.717) is 0 Å². The van der Waals surface area contributed by atoms with E-state index in [9.17, 15) is 9.59 Å². The minimum absolute atomic E-state index is 0.320. The molecule has 0 aromatic heterocycles. The average Bonchev–Trinajstić information content (AvgIpc) is 1.80. The molecule has 0 aliphatic rings. The zero-order chi connectivity index (χ0) is 10.4. The Hall–Kier alpha value is -1.26. The zero-order valence-electron chi connectivity index (χ0n) is 8.20. The molecule has 0 spiro atoms. The Kier molecular flexibility index (Phi) is 4.87. The molecule has 0 radical (unpaired) electrons. The number of carbonyl (C=O) groups excluding carboxylic acids is 2. The van der Waals surface area contributed by atoms with Crippen LogP contribution in [0.15, 0.2) is 0 Å². The van der Waals surface area contributed by atoms with Crippen molar-refractivity contribution in [3.05, 3.63) is 0 Å². The Morgan fingerprint density at radius 2 is 1.15 bits per heavy atom. The van der Waals surface area contributed by atoms with Gasteiger partial charge in [0.05, 0.1) is 12.2 Å². The molecular weight excluding hydrogens is 176 g/mol. The smallest absolute Gasteiger partial charge is 0.431 e. The van der Waals surface area contributed by atoms with Crippen LogP contribution >= 0.6 is 0 Å². The van der Waals surface area contributed by atoms with Crippen molar-refractivity contribution in [1.29, 1.82) is 0 Å². The summed E-state index contributed by atoms with van der Waals surface area (Å²) in [6.07, 6.45) is -2.72. The standard InChI is InChI=1S/C8H14O5/c1-5(2)11-7(9)13-8(10)12-6(3)4/h5-6H,1-4H3. The molecule has 0 saturated heterocycles. The normalized spacial score (nSPS) is 10.0. The second-order valence-corrected chi connectivity index (χ2v) is 2.94. The van der Waals surface area contributed by atoms with Gasteiger partial charge in [0.1, 0.15) is 0 Å². The van der Waals surface area contributed by atoms with Crippen molar-refractivity contribution in [2.75, 3.05) is 0 Å². The van der Waals surface area contributed by atoms with Crippen LogP contribution < -0.4 is 0 Å². The summed E-state index contributed by atoms with van der Waals surface area (Å²) in [7, 11) is 0. The molecule has 0 N–H and O–H groups in total. The van der Waals surface area contributed by atoms with Crippen LogP contribution in [0, 0.1) is 0 Å². The summed E-state index contributed by atoms with van der Waals surface area (Å²) in [6, 6.07) is 0. The minimum atomic E-state index is -1.04. The third-order valence-electron chi connectivity index (χ3n) is 0.831. The number of hydrogen-bond acceptors (Lipinski definition) is 5. The Labute approximate surface area is 77.0 Å². The van der Waals surface area contributed by atoms with Gasteiger partial charge >= 0.3 is 12.3 Å². The Morgan fingerprint density at radius 3 is 1.38 bits per heavy atom. The molecule has 0 saturated carbocycles. The molecule has 76 valence electrons. The van der Waals surface area contributed by atoms with E-state index in [1.165, 1.54) is 0 Å². The number of rotatable bonds is 2. The SMILES string of the molecule is CC(C)OC(=O)OC(=O)OC(C)C. The summed E-state index contributed by atoms with van der Waals surface area (Å²) in [5.74, 6) is 0. The second kappa shape index (κ2) is 5.40. The van der Waals surface area contributed by atoms with Crippen molar-refractivity contribution in [1.82, 2.24) is 0 Å². The lowest BCUT2D eigenvalue weighted by Gasteiger charge is -2.08. The largest absolute Gasteiger partial charge is 0.518 e. The zero-order valence-corrected chi connectivity index (χ0v) is 8.20. The first-order valence-electron chi connectivity index (χ1n) is 4.01. The van der Waals surface area contributed by atoms with Gasteiger partial charge in [-0.1, -0.05) is 0 Å². The van der Waals surface area contributed by atoms with Crippen LogP contribution in [-0.4, -0.2) is 24.5 Å². The van der Waals surface area contributed by atoms with E-state index in [2.05, 4.69) is 14.2 Å². The van der Waals surface area contributed by atoms with Crippen molar-refractivity contribution >= 4 is 12.3 Å². The first kappa shape index (κ1) is 11.7. The highest BCUT2D eigenvalue weighted by atomic mass is 16.8. The molecule has 0 heterocycles. The van der Waals surface area contributed by atoms with Crippen LogP contribution in [0.4, 0.5) is 9.59 Å². The van der Waals surface area contributed by atoms with Gasteiger partial charge in [0.25, 0.3) is 0 Å². The molecule has 0 atom stereocenters. The molecule has 0 aliphatic heterocycles. The van der Waals surface area contributed by atoms with E-state index in [1.807, 2.05) is 0 Å². The van der Waals surface area contributed by atoms with E-state index >= 15 is 0 Å². The van der Waals surface area contributed by atoms with Gasteiger partial charge in [-0.05, 0) is 27.7 Å². The fraction of sp³-hybridized carbons (Fsp3) is 0.750. The van der Waals surface area contributed by atoms with Crippen LogP contribution in [0.3, 0.4) is 0 Å². The maximum Gasteiger partial charge on any atom is 0.518 e. The van der Waals surface area contributed by atoms with Crippen molar-refractivity contribution < 1.29 is 23.8 Å².